The normalized spacial score (nSPS) is 7.05. The summed E-state index contributed by atoms with van der Waals surface area (Å²) in [7, 11) is 1.42. The molecule has 0 aromatic heterocycles. The van der Waals surface area contributed by atoms with E-state index >= 15 is 0 Å². The third-order valence-corrected chi connectivity index (χ3v) is 1.59. The molecule has 0 aromatic carbocycles. The monoisotopic (exact) mass is 670 g/mol. The van der Waals surface area contributed by atoms with Gasteiger partial charge in [0.25, 0.3) is 0 Å². The van der Waals surface area contributed by atoms with Crippen molar-refractivity contribution in [2.24, 2.45) is 0 Å². The Labute approximate surface area is 279 Å². The SMILES string of the molecule is C.C/C(F)=C(/C)F.C=CC.CC(F)=C(F)F.CF.FC(F)=C(F)F.S=S.S=S=S.[CH2-]CCC.[CH2-]CCC.[HH].[Li+].[Li+]. The zero-order valence-corrected chi connectivity index (χ0v) is 27.4. The molecule has 0 amide bonds. The third-order valence-electron chi connectivity index (χ3n) is 1.59. The van der Waals surface area contributed by atoms with E-state index in [-0.39, 0.29) is 46.6 Å². The molecule has 0 aromatic rings. The first kappa shape index (κ1) is 77.4. The van der Waals surface area contributed by atoms with E-state index in [0.717, 1.165) is 35.6 Å². The smallest absolute Gasteiger partial charge is 0.343 e. The van der Waals surface area contributed by atoms with Crippen LogP contribution in [0.15, 0.2) is 48.4 Å². The summed E-state index contributed by atoms with van der Waals surface area (Å²) in [5, 5.41) is 0. The quantitative estimate of drug-likeness (QED) is 0.150. The molecular formula is C22H42F10Li2S5. The Kier molecular flexibility index (Phi) is 179. The zero-order chi connectivity index (χ0) is 31.7. The fourth-order valence-corrected chi connectivity index (χ4v) is 0. The number of hydrogen-bond donors (Lipinski definition) is 0. The Morgan fingerprint density at radius 3 is 0.795 bits per heavy atom. The second kappa shape index (κ2) is 90.2. The molecule has 0 aliphatic rings. The predicted molar refractivity (Wildman–Crippen MR) is 157 cm³/mol. The van der Waals surface area contributed by atoms with Crippen molar-refractivity contribution in [2.75, 3.05) is 7.18 Å². The van der Waals surface area contributed by atoms with Crippen LogP contribution in [0.25, 0.3) is 0 Å². The summed E-state index contributed by atoms with van der Waals surface area (Å²) in [6.45, 7) is 19.6. The summed E-state index contributed by atoms with van der Waals surface area (Å²) in [6, 6.07) is 0. The summed E-state index contributed by atoms with van der Waals surface area (Å²) in [5.74, 6) is -2.89. The fraction of sp³-hybridized carbons (Fsp3) is 0.545. The number of hydrogen-bond acceptors (Lipinski definition) is 4. The zero-order valence-electron chi connectivity index (χ0n) is 23.3. The van der Waals surface area contributed by atoms with Crippen molar-refractivity contribution in [3.63, 3.8) is 0 Å². The molecule has 0 radical (unpaired) electrons. The Hall–Kier alpha value is 0.555. The van der Waals surface area contributed by atoms with Crippen molar-refractivity contribution in [3.05, 3.63) is 62.2 Å². The van der Waals surface area contributed by atoms with Crippen molar-refractivity contribution in [2.45, 2.75) is 74.7 Å². The molecule has 0 unspecified atom stereocenters. The summed E-state index contributed by atoms with van der Waals surface area (Å²) in [6.07, 6.45) is -1.75. The number of halogens is 10. The average Bonchev–Trinajstić information content (AvgIpc) is 2.83. The molecule has 0 atom stereocenters. The molecule has 232 valence electrons. The molecule has 0 aliphatic heterocycles. The maximum atomic E-state index is 11.3. The van der Waals surface area contributed by atoms with Crippen LogP contribution in [0.2, 0.25) is 0 Å². The summed E-state index contributed by atoms with van der Waals surface area (Å²) >= 11 is 15.6. The largest absolute Gasteiger partial charge is 1.00 e. The second-order valence-corrected chi connectivity index (χ2v) is 6.33. The van der Waals surface area contributed by atoms with Gasteiger partial charge < -0.3 is 13.8 Å². The minimum atomic E-state index is -2.91. The fourth-order valence-electron chi connectivity index (χ4n) is 0. The maximum Gasteiger partial charge on any atom is 1.00 e. The van der Waals surface area contributed by atoms with E-state index in [1.54, 1.807) is 6.08 Å². The molecular weight excluding hydrogens is 628 g/mol. The Morgan fingerprint density at radius 1 is 0.692 bits per heavy atom. The van der Waals surface area contributed by atoms with E-state index < -0.39 is 35.7 Å². The van der Waals surface area contributed by atoms with Gasteiger partial charge in [-0.05, 0) is 27.7 Å². The molecule has 0 fully saturated rings. The second-order valence-electron chi connectivity index (χ2n) is 4.57. The molecule has 0 spiro atoms. The first-order valence-corrected chi connectivity index (χ1v) is 13.2. The van der Waals surface area contributed by atoms with Crippen LogP contribution >= 0.6 is 0 Å². The van der Waals surface area contributed by atoms with Gasteiger partial charge in [-0.3, -0.25) is 4.39 Å². The van der Waals surface area contributed by atoms with Crippen molar-refractivity contribution in [1.29, 1.82) is 0 Å². The number of unbranched alkanes of at least 4 members (excludes halogenated alkanes) is 2. The van der Waals surface area contributed by atoms with Gasteiger partial charge in [0.15, 0.2) is 5.83 Å². The molecule has 39 heavy (non-hydrogen) atoms. The van der Waals surface area contributed by atoms with Crippen molar-refractivity contribution >= 4 is 53.6 Å². The van der Waals surface area contributed by atoms with E-state index in [9.17, 15) is 43.9 Å². The molecule has 0 nitrogen and oxygen atoms in total. The summed E-state index contributed by atoms with van der Waals surface area (Å²) in [5.41, 5.74) is 0. The van der Waals surface area contributed by atoms with Gasteiger partial charge in [0, 0.05) is 55.1 Å². The van der Waals surface area contributed by atoms with Crippen LogP contribution in [-0.4, -0.2) is 7.18 Å². The van der Waals surface area contributed by atoms with Crippen LogP contribution in [-0.2, 0) is 53.6 Å². The van der Waals surface area contributed by atoms with Crippen molar-refractivity contribution in [1.82, 2.24) is 0 Å². The summed E-state index contributed by atoms with van der Waals surface area (Å²) < 4.78 is 106. The van der Waals surface area contributed by atoms with Gasteiger partial charge in [0.05, 0.1) is 7.18 Å². The van der Waals surface area contributed by atoms with Gasteiger partial charge in [-0.2, -0.15) is 39.2 Å². The molecule has 17 heteroatoms. The number of rotatable bonds is 2. The maximum absolute atomic E-state index is 11.3. The Balaban J connectivity index is -0.0000000189. The molecule has 0 saturated carbocycles. The van der Waals surface area contributed by atoms with Crippen LogP contribution in [0.4, 0.5) is 43.9 Å². The van der Waals surface area contributed by atoms with Crippen LogP contribution in [0.3, 0.4) is 0 Å². The first-order valence-electron chi connectivity index (χ1n) is 9.23. The molecule has 0 N–H and O–H groups in total. The average molecular weight is 671 g/mol. The van der Waals surface area contributed by atoms with Crippen LogP contribution in [0.5, 0.6) is 0 Å². The van der Waals surface area contributed by atoms with Gasteiger partial charge in [-0.1, -0.05) is 40.2 Å². The van der Waals surface area contributed by atoms with Crippen LogP contribution in [0.1, 0.15) is 76.1 Å². The molecule has 0 rings (SSSR count). The summed E-state index contributed by atoms with van der Waals surface area (Å²) in [4.78, 5) is 0. The Morgan fingerprint density at radius 2 is 0.795 bits per heavy atom. The van der Waals surface area contributed by atoms with Crippen LogP contribution in [0, 0.1) is 13.8 Å². The van der Waals surface area contributed by atoms with E-state index in [2.05, 4.69) is 79.0 Å². The molecule has 0 saturated heterocycles. The number of alkyl halides is 1. The van der Waals surface area contributed by atoms with Crippen molar-refractivity contribution < 1.29 is 83.1 Å². The topological polar surface area (TPSA) is 0 Å². The first-order chi connectivity index (χ1) is 16.6. The molecule has 0 heterocycles. The van der Waals surface area contributed by atoms with Gasteiger partial charge >= 0.3 is 56.0 Å². The van der Waals surface area contributed by atoms with E-state index in [4.69, 9.17) is 0 Å². The number of allylic oxidation sites excluding steroid dienone is 4. The predicted octanol–water partition coefficient (Wildman–Crippen LogP) is 6.15. The third kappa shape index (κ3) is 243. The molecule has 0 bridgehead atoms. The van der Waals surface area contributed by atoms with Crippen LogP contribution < -0.4 is 37.7 Å². The minimum absolute atomic E-state index is 0. The van der Waals surface area contributed by atoms with E-state index in [1.165, 1.54) is 12.8 Å². The van der Waals surface area contributed by atoms with Gasteiger partial charge in [-0.15, -0.1) is 6.58 Å². The standard InChI is InChI=1S/C4H6F2.2C4H9.C3H3F3.C3H6.C2F4.CH3F.CH4.2Li.S3.S2.H2/c1-3(5)4(2)6;2*1-3-4-2;1-2(4)3(5)6;1-3-2;3-1(4)2(5)6;1-2;;;;1-3-2;1-2;/h1-2H3;2*1,3-4H2,2H3;1H3;3H,1H2,2H3;;1H3;1H4;;;;;1H/q;2*-1;;;;;;2*+1;;;/b4-3+;;;;;;;;;;;;. The van der Waals surface area contributed by atoms with Gasteiger partial charge in [0.1, 0.15) is 11.7 Å². The van der Waals surface area contributed by atoms with Crippen molar-refractivity contribution in [3.8, 4) is 0 Å². The van der Waals surface area contributed by atoms with E-state index in [1.807, 2.05) is 6.92 Å². The van der Waals surface area contributed by atoms with Gasteiger partial charge in [-0.25, -0.2) is 13.2 Å². The van der Waals surface area contributed by atoms with Gasteiger partial charge in [0.2, 0.25) is 0 Å². The Bertz CT molecular complexity index is 440. The van der Waals surface area contributed by atoms with E-state index in [0.29, 0.717) is 14.1 Å². The minimum Gasteiger partial charge on any atom is -0.343 e. The molecule has 0 aliphatic carbocycles.